The second kappa shape index (κ2) is 5.96. The molecule has 10 heteroatoms. The highest BCUT2D eigenvalue weighted by molar-refractivity contribution is 5.23. The molecule has 8 nitrogen and oxygen atoms in total. The first-order valence-corrected chi connectivity index (χ1v) is 6.25. The molecule has 0 aromatic carbocycles. The van der Waals surface area contributed by atoms with Crippen LogP contribution in [0.3, 0.4) is 0 Å². The molecule has 1 aromatic heterocycles. The van der Waals surface area contributed by atoms with E-state index in [1.807, 2.05) is 11.8 Å². The van der Waals surface area contributed by atoms with Crippen LogP contribution in [0.2, 0.25) is 0 Å². The summed E-state index contributed by atoms with van der Waals surface area (Å²) < 4.78 is 33.0. The Hall–Kier alpha value is -2.09. The Bertz CT molecular complexity index is 722. The van der Waals surface area contributed by atoms with Gasteiger partial charge in [-0.2, -0.15) is 4.98 Å². The minimum Gasteiger partial charge on any atom is -0.391 e. The van der Waals surface area contributed by atoms with E-state index in [0.29, 0.717) is 10.9 Å². The van der Waals surface area contributed by atoms with Gasteiger partial charge in [-0.15, -0.1) is 0 Å². The standard InChI is InChI=1S/C12H13F2N3O5/c1-6(18)7-8(19)12(14,3-2-4-13)9(22-7)17-5-15-10(20)16-11(17)21/h5-9,18-19H,4H2,1H3,(H,16,20,21)/t6-,7+,8?,9+,12+/m0/s1. The van der Waals surface area contributed by atoms with E-state index in [1.54, 1.807) is 4.98 Å². The number of aliphatic hydroxyl groups excluding tert-OH is 2. The van der Waals surface area contributed by atoms with Crippen molar-refractivity contribution in [2.24, 2.45) is 0 Å². The molecule has 1 aliphatic rings. The number of H-pyrrole nitrogens is 1. The monoisotopic (exact) mass is 317 g/mol. The second-order valence-corrected chi connectivity index (χ2v) is 4.73. The molecule has 1 fully saturated rings. The third-order valence-corrected chi connectivity index (χ3v) is 3.21. The summed E-state index contributed by atoms with van der Waals surface area (Å²) in [6, 6.07) is 0. The molecule has 3 N–H and O–H groups in total. The van der Waals surface area contributed by atoms with Gasteiger partial charge in [0.05, 0.1) is 6.10 Å². The molecule has 0 spiro atoms. The summed E-state index contributed by atoms with van der Waals surface area (Å²) in [4.78, 5) is 27.7. The normalized spacial score (nSPS) is 32.3. The number of nitrogens with one attached hydrogen (secondary N) is 1. The minimum absolute atomic E-state index is 0.569. The van der Waals surface area contributed by atoms with Gasteiger partial charge in [0.15, 0.2) is 6.23 Å². The molecular weight excluding hydrogens is 304 g/mol. The maximum atomic E-state index is 15.0. The molecule has 5 atom stereocenters. The maximum absolute atomic E-state index is 15.0. The third-order valence-electron chi connectivity index (χ3n) is 3.21. The summed E-state index contributed by atoms with van der Waals surface area (Å²) in [7, 11) is 0. The number of hydrogen-bond donors (Lipinski definition) is 3. The van der Waals surface area contributed by atoms with E-state index in [1.165, 1.54) is 6.92 Å². The van der Waals surface area contributed by atoms with Gasteiger partial charge in [-0.1, -0.05) is 11.8 Å². The van der Waals surface area contributed by atoms with Gasteiger partial charge >= 0.3 is 11.4 Å². The van der Waals surface area contributed by atoms with Crippen LogP contribution in [-0.2, 0) is 4.74 Å². The zero-order valence-corrected chi connectivity index (χ0v) is 11.4. The van der Waals surface area contributed by atoms with Crippen LogP contribution in [0.4, 0.5) is 8.78 Å². The molecule has 2 heterocycles. The lowest BCUT2D eigenvalue weighted by molar-refractivity contribution is -0.0807. The quantitative estimate of drug-likeness (QED) is 0.557. The van der Waals surface area contributed by atoms with E-state index >= 15 is 4.39 Å². The fraction of sp³-hybridized carbons (Fsp3) is 0.583. The van der Waals surface area contributed by atoms with Crippen LogP contribution in [0.5, 0.6) is 0 Å². The molecule has 0 aliphatic carbocycles. The SMILES string of the molecule is C[C@H](O)[C@H]1O[C@@H](n2cnc(=O)[nH]c2=O)[C@@](F)(C#CCF)C1O. The van der Waals surface area contributed by atoms with E-state index in [4.69, 9.17) is 4.74 Å². The third kappa shape index (κ3) is 2.66. The number of rotatable bonds is 2. The van der Waals surface area contributed by atoms with Gasteiger partial charge < -0.3 is 14.9 Å². The number of nitrogens with zero attached hydrogens (tertiary/aromatic N) is 2. The minimum atomic E-state index is -2.86. The first-order chi connectivity index (χ1) is 10.3. The average Bonchev–Trinajstić information content (AvgIpc) is 2.70. The molecule has 2 rings (SSSR count). The highest BCUT2D eigenvalue weighted by Crippen LogP contribution is 2.41. The molecule has 0 saturated carbocycles. The smallest absolute Gasteiger partial charge is 0.350 e. The number of aliphatic hydroxyl groups is 2. The van der Waals surface area contributed by atoms with E-state index in [9.17, 15) is 24.2 Å². The van der Waals surface area contributed by atoms with Crippen molar-refractivity contribution in [2.75, 3.05) is 6.67 Å². The van der Waals surface area contributed by atoms with Crippen molar-refractivity contribution in [1.29, 1.82) is 0 Å². The van der Waals surface area contributed by atoms with Gasteiger partial charge in [-0.25, -0.2) is 18.4 Å². The molecule has 22 heavy (non-hydrogen) atoms. The van der Waals surface area contributed by atoms with Crippen molar-refractivity contribution in [3.8, 4) is 11.8 Å². The number of aromatic amines is 1. The zero-order valence-electron chi connectivity index (χ0n) is 11.4. The first-order valence-electron chi connectivity index (χ1n) is 6.25. The Morgan fingerprint density at radius 2 is 2.32 bits per heavy atom. The fourth-order valence-electron chi connectivity index (χ4n) is 2.18. The number of aromatic nitrogens is 3. The Balaban J connectivity index is 2.55. The van der Waals surface area contributed by atoms with Gasteiger partial charge in [-0.05, 0) is 6.92 Å². The predicted molar refractivity (Wildman–Crippen MR) is 68.3 cm³/mol. The van der Waals surface area contributed by atoms with E-state index in [0.717, 1.165) is 0 Å². The highest BCUT2D eigenvalue weighted by atomic mass is 19.1. The molecule has 1 aromatic rings. The van der Waals surface area contributed by atoms with Gasteiger partial charge in [0.25, 0.3) is 0 Å². The van der Waals surface area contributed by atoms with Crippen LogP contribution in [0.25, 0.3) is 0 Å². The molecule has 1 unspecified atom stereocenters. The summed E-state index contributed by atoms with van der Waals surface area (Å²) in [6.07, 6.45) is -5.71. The lowest BCUT2D eigenvalue weighted by Crippen LogP contribution is -2.46. The van der Waals surface area contributed by atoms with Gasteiger partial charge in [0.2, 0.25) is 5.67 Å². The fourth-order valence-corrected chi connectivity index (χ4v) is 2.18. The second-order valence-electron chi connectivity index (χ2n) is 4.73. The van der Waals surface area contributed by atoms with Crippen molar-refractivity contribution in [3.05, 3.63) is 27.3 Å². The lowest BCUT2D eigenvalue weighted by Gasteiger charge is -2.23. The molecule has 1 saturated heterocycles. The van der Waals surface area contributed by atoms with Crippen LogP contribution >= 0.6 is 0 Å². The Morgan fingerprint density at radius 3 is 2.86 bits per heavy atom. The van der Waals surface area contributed by atoms with Gasteiger partial charge in [-0.3, -0.25) is 9.55 Å². The van der Waals surface area contributed by atoms with Crippen molar-refractivity contribution in [1.82, 2.24) is 14.5 Å². The molecule has 120 valence electrons. The predicted octanol–water partition coefficient (Wildman–Crippen LogP) is -1.75. The van der Waals surface area contributed by atoms with Crippen molar-refractivity contribution < 1.29 is 23.7 Å². The van der Waals surface area contributed by atoms with Crippen LogP contribution in [0.15, 0.2) is 15.9 Å². The molecule has 1 aliphatic heterocycles. The summed E-state index contributed by atoms with van der Waals surface area (Å²) >= 11 is 0. The van der Waals surface area contributed by atoms with Crippen LogP contribution < -0.4 is 11.4 Å². The van der Waals surface area contributed by atoms with E-state index < -0.39 is 48.3 Å². The van der Waals surface area contributed by atoms with E-state index in [-0.39, 0.29) is 0 Å². The molecule has 0 radical (unpaired) electrons. The van der Waals surface area contributed by atoms with Gasteiger partial charge in [0, 0.05) is 0 Å². The van der Waals surface area contributed by atoms with Crippen molar-refractivity contribution >= 4 is 0 Å². The number of ether oxygens (including phenoxy) is 1. The van der Waals surface area contributed by atoms with Crippen LogP contribution in [0, 0.1) is 11.8 Å². The summed E-state index contributed by atoms with van der Waals surface area (Å²) in [6.45, 7) is 0.0659. The topological polar surface area (TPSA) is 117 Å². The summed E-state index contributed by atoms with van der Waals surface area (Å²) in [5.41, 5.74) is -4.86. The highest BCUT2D eigenvalue weighted by Gasteiger charge is 2.59. The molecule has 0 bridgehead atoms. The number of halogens is 2. The zero-order chi connectivity index (χ0) is 16.5. The Labute approximate surface area is 122 Å². The van der Waals surface area contributed by atoms with Crippen LogP contribution in [-0.4, -0.2) is 55.4 Å². The Morgan fingerprint density at radius 1 is 1.64 bits per heavy atom. The van der Waals surface area contributed by atoms with Crippen LogP contribution in [0.1, 0.15) is 13.2 Å². The molecular formula is C12H13F2N3O5. The largest absolute Gasteiger partial charge is 0.391 e. The first kappa shape index (κ1) is 16.3. The average molecular weight is 317 g/mol. The number of hydrogen-bond acceptors (Lipinski definition) is 6. The van der Waals surface area contributed by atoms with Crippen molar-refractivity contribution in [2.45, 2.75) is 37.1 Å². The van der Waals surface area contributed by atoms with Crippen molar-refractivity contribution in [3.63, 3.8) is 0 Å². The summed E-state index contributed by atoms with van der Waals surface area (Å²) in [5.74, 6) is 3.71. The Kier molecular flexibility index (Phi) is 4.41. The molecule has 0 amide bonds. The summed E-state index contributed by atoms with van der Waals surface area (Å²) in [5, 5.41) is 19.5. The maximum Gasteiger partial charge on any atom is 0.350 e. The van der Waals surface area contributed by atoms with E-state index in [2.05, 4.69) is 4.98 Å². The number of alkyl halides is 2. The lowest BCUT2D eigenvalue weighted by atomic mass is 9.94. The van der Waals surface area contributed by atoms with Gasteiger partial charge in [0.1, 0.15) is 25.2 Å².